The number of fused-ring (bicyclic) bond motifs is 1. The van der Waals surface area contributed by atoms with E-state index in [2.05, 4.69) is 26.0 Å². The monoisotopic (exact) mass is 295 g/mol. The van der Waals surface area contributed by atoms with Crippen LogP contribution >= 0.6 is 0 Å². The van der Waals surface area contributed by atoms with Gasteiger partial charge in [0.15, 0.2) is 18.9 Å². The number of imide groups is 1. The Morgan fingerprint density at radius 1 is 0.955 bits per heavy atom. The van der Waals surface area contributed by atoms with Crippen molar-refractivity contribution in [3.05, 3.63) is 65.5 Å². The summed E-state index contributed by atoms with van der Waals surface area (Å²) in [5, 5.41) is 0. The number of benzene rings is 1. The molecule has 0 spiro atoms. The molecule has 0 unspecified atom stereocenters. The Morgan fingerprint density at radius 2 is 1.50 bits per heavy atom. The molecule has 1 aromatic heterocycles. The van der Waals surface area contributed by atoms with E-state index < -0.39 is 0 Å². The van der Waals surface area contributed by atoms with Gasteiger partial charge in [-0.05, 0) is 23.6 Å². The lowest BCUT2D eigenvalue weighted by molar-refractivity contribution is -0.696. The van der Waals surface area contributed by atoms with Crippen LogP contribution in [0.3, 0.4) is 0 Å². The lowest BCUT2D eigenvalue weighted by atomic mass is 10.1. The minimum Gasteiger partial charge on any atom is -0.269 e. The molecule has 0 fully saturated rings. The first-order valence-electron chi connectivity index (χ1n) is 7.52. The van der Waals surface area contributed by atoms with Crippen molar-refractivity contribution in [2.45, 2.75) is 26.3 Å². The lowest BCUT2D eigenvalue weighted by Crippen LogP contribution is -2.42. The molecular formula is C18H19N2O2+. The zero-order chi connectivity index (χ0) is 15.7. The Morgan fingerprint density at radius 3 is 2.00 bits per heavy atom. The molecule has 1 aliphatic rings. The van der Waals surface area contributed by atoms with Crippen LogP contribution in [0.4, 0.5) is 0 Å². The average Bonchev–Trinajstić information content (AvgIpc) is 2.78. The number of aromatic nitrogens is 1. The van der Waals surface area contributed by atoms with Crippen LogP contribution in [0, 0.1) is 0 Å². The Balaban J connectivity index is 1.70. The van der Waals surface area contributed by atoms with Crippen molar-refractivity contribution in [1.29, 1.82) is 0 Å². The van der Waals surface area contributed by atoms with Crippen molar-refractivity contribution >= 4 is 11.8 Å². The third-order valence-electron chi connectivity index (χ3n) is 4.04. The Hall–Kier alpha value is -2.49. The Kier molecular flexibility index (Phi) is 3.75. The molecular weight excluding hydrogens is 276 g/mol. The maximum atomic E-state index is 12.3. The van der Waals surface area contributed by atoms with Gasteiger partial charge in [-0.15, -0.1) is 0 Å². The first kappa shape index (κ1) is 14.4. The van der Waals surface area contributed by atoms with Crippen LogP contribution in [0.5, 0.6) is 0 Å². The van der Waals surface area contributed by atoms with Gasteiger partial charge in [0.1, 0.15) is 0 Å². The van der Waals surface area contributed by atoms with Crippen molar-refractivity contribution < 1.29 is 14.2 Å². The van der Waals surface area contributed by atoms with E-state index in [1.807, 2.05) is 17.0 Å². The van der Waals surface area contributed by atoms with Gasteiger partial charge < -0.3 is 0 Å². The van der Waals surface area contributed by atoms with Crippen LogP contribution < -0.4 is 4.57 Å². The number of nitrogens with zero attached hydrogens (tertiary/aromatic N) is 2. The molecule has 1 aromatic carbocycles. The number of pyridine rings is 1. The molecule has 0 atom stereocenters. The van der Waals surface area contributed by atoms with E-state index in [1.165, 1.54) is 10.5 Å². The number of rotatable bonds is 4. The van der Waals surface area contributed by atoms with Crippen LogP contribution in [0.25, 0.3) is 0 Å². The van der Waals surface area contributed by atoms with E-state index in [-0.39, 0.29) is 11.8 Å². The fourth-order valence-corrected chi connectivity index (χ4v) is 2.66. The van der Waals surface area contributed by atoms with E-state index in [9.17, 15) is 9.59 Å². The summed E-state index contributed by atoms with van der Waals surface area (Å²) in [4.78, 5) is 25.9. The molecule has 0 N–H and O–H groups in total. The summed E-state index contributed by atoms with van der Waals surface area (Å²) in [6.07, 6.45) is 3.99. The molecule has 2 amide bonds. The van der Waals surface area contributed by atoms with E-state index >= 15 is 0 Å². The van der Waals surface area contributed by atoms with Gasteiger partial charge in [0, 0.05) is 12.1 Å². The van der Waals surface area contributed by atoms with Gasteiger partial charge in [-0.25, -0.2) is 4.57 Å². The van der Waals surface area contributed by atoms with Crippen molar-refractivity contribution in [1.82, 2.24) is 4.90 Å². The minimum absolute atomic E-state index is 0.194. The Labute approximate surface area is 130 Å². The number of carbonyl (C=O) groups is 2. The van der Waals surface area contributed by atoms with Gasteiger partial charge in [-0.3, -0.25) is 14.5 Å². The molecule has 0 aliphatic carbocycles. The van der Waals surface area contributed by atoms with Gasteiger partial charge in [0.05, 0.1) is 17.7 Å². The first-order valence-corrected chi connectivity index (χ1v) is 7.52. The van der Waals surface area contributed by atoms with Crippen LogP contribution in [0.2, 0.25) is 0 Å². The molecule has 2 heterocycles. The quantitative estimate of drug-likeness (QED) is 0.642. The maximum absolute atomic E-state index is 12.3. The van der Waals surface area contributed by atoms with Crippen LogP contribution in [0.15, 0.2) is 48.8 Å². The fraction of sp³-hybridized carbons (Fsp3) is 0.278. The molecule has 112 valence electrons. The Bertz CT molecular complexity index is 685. The van der Waals surface area contributed by atoms with Crippen molar-refractivity contribution in [3.8, 4) is 0 Å². The summed E-state index contributed by atoms with van der Waals surface area (Å²) >= 11 is 0. The smallest absolute Gasteiger partial charge is 0.261 e. The van der Waals surface area contributed by atoms with Crippen molar-refractivity contribution in [2.24, 2.45) is 0 Å². The SMILES string of the molecule is CC(C)c1cc[n+](CCN2C(=O)c3ccccc3C2=O)cc1. The number of hydrogen-bond acceptors (Lipinski definition) is 2. The maximum Gasteiger partial charge on any atom is 0.261 e. The highest BCUT2D eigenvalue weighted by atomic mass is 16.2. The molecule has 3 rings (SSSR count). The highest BCUT2D eigenvalue weighted by molar-refractivity contribution is 6.21. The van der Waals surface area contributed by atoms with Crippen molar-refractivity contribution in [2.75, 3.05) is 6.54 Å². The lowest BCUT2D eigenvalue weighted by Gasteiger charge is -2.11. The summed E-state index contributed by atoms with van der Waals surface area (Å²) < 4.78 is 2.00. The topological polar surface area (TPSA) is 41.3 Å². The first-order chi connectivity index (χ1) is 10.6. The molecule has 0 bridgehead atoms. The molecule has 1 aliphatic heterocycles. The van der Waals surface area contributed by atoms with E-state index in [0.717, 1.165) is 0 Å². The summed E-state index contributed by atoms with van der Waals surface area (Å²) in [5.41, 5.74) is 2.29. The van der Waals surface area contributed by atoms with Gasteiger partial charge in [0.25, 0.3) is 11.8 Å². The van der Waals surface area contributed by atoms with Crippen LogP contribution in [-0.2, 0) is 6.54 Å². The normalized spacial score (nSPS) is 13.9. The third-order valence-corrected chi connectivity index (χ3v) is 4.04. The zero-order valence-electron chi connectivity index (χ0n) is 12.8. The van der Waals surface area contributed by atoms with E-state index in [4.69, 9.17) is 0 Å². The highest BCUT2D eigenvalue weighted by Crippen LogP contribution is 2.21. The number of carbonyl (C=O) groups excluding carboxylic acids is 2. The molecule has 0 radical (unpaired) electrons. The van der Waals surface area contributed by atoms with Gasteiger partial charge in [-0.2, -0.15) is 0 Å². The molecule has 22 heavy (non-hydrogen) atoms. The van der Waals surface area contributed by atoms with E-state index in [0.29, 0.717) is 30.1 Å². The van der Waals surface area contributed by atoms with Crippen LogP contribution in [-0.4, -0.2) is 23.3 Å². The van der Waals surface area contributed by atoms with Crippen molar-refractivity contribution in [3.63, 3.8) is 0 Å². The van der Waals surface area contributed by atoms with Crippen LogP contribution in [0.1, 0.15) is 46.0 Å². The molecule has 4 nitrogen and oxygen atoms in total. The summed E-state index contributed by atoms with van der Waals surface area (Å²) in [6.45, 7) is 5.29. The van der Waals surface area contributed by atoms with Gasteiger partial charge in [0.2, 0.25) is 0 Å². The van der Waals surface area contributed by atoms with E-state index in [1.54, 1.807) is 24.3 Å². The predicted molar refractivity (Wildman–Crippen MR) is 82.5 cm³/mol. The second-order valence-corrected chi connectivity index (χ2v) is 5.83. The second-order valence-electron chi connectivity index (χ2n) is 5.83. The third kappa shape index (κ3) is 2.52. The largest absolute Gasteiger partial charge is 0.269 e. The average molecular weight is 295 g/mol. The molecule has 4 heteroatoms. The summed E-state index contributed by atoms with van der Waals surface area (Å²) in [6, 6.07) is 11.1. The molecule has 0 saturated carbocycles. The van der Waals surface area contributed by atoms with Gasteiger partial charge >= 0.3 is 0 Å². The standard InChI is InChI=1S/C18H19N2O2/c1-13(2)14-7-9-19(10-8-14)11-12-20-17(21)15-5-3-4-6-16(15)18(20)22/h3-10,13H,11-12H2,1-2H3/q+1. The second kappa shape index (κ2) is 5.72. The predicted octanol–water partition coefficient (Wildman–Crippen LogP) is 2.39. The van der Waals surface area contributed by atoms with Gasteiger partial charge in [-0.1, -0.05) is 26.0 Å². The molecule has 0 saturated heterocycles. The number of amides is 2. The molecule has 2 aromatic rings. The summed E-state index contributed by atoms with van der Waals surface area (Å²) in [7, 11) is 0. The summed E-state index contributed by atoms with van der Waals surface area (Å²) in [5.74, 6) is 0.103. The highest BCUT2D eigenvalue weighted by Gasteiger charge is 2.35. The number of hydrogen-bond donors (Lipinski definition) is 0. The minimum atomic E-state index is -0.194. The fourth-order valence-electron chi connectivity index (χ4n) is 2.66. The zero-order valence-corrected chi connectivity index (χ0v) is 12.8.